The standard InChI is InChI=1S/C24H31N5/c1-2-6-24-23(5-1)25-20-29(24)22-9-7-21(8-10-22)19-28-17-15-27(16-18-28)14-13-26-11-3-4-12-26/h1-2,5-10,20H,3-4,11-19H2. The van der Waals surface area contributed by atoms with Gasteiger partial charge in [-0.1, -0.05) is 24.3 Å². The van der Waals surface area contributed by atoms with E-state index in [1.54, 1.807) is 0 Å². The van der Waals surface area contributed by atoms with Gasteiger partial charge in [-0.05, 0) is 55.8 Å². The van der Waals surface area contributed by atoms with E-state index in [0.29, 0.717) is 0 Å². The Morgan fingerprint density at radius 1 is 0.690 bits per heavy atom. The van der Waals surface area contributed by atoms with Gasteiger partial charge < -0.3 is 4.90 Å². The molecule has 2 saturated heterocycles. The number of fused-ring (bicyclic) bond motifs is 1. The van der Waals surface area contributed by atoms with Crippen LogP contribution in [-0.4, -0.2) is 76.6 Å². The van der Waals surface area contributed by atoms with Crippen molar-refractivity contribution in [2.24, 2.45) is 0 Å². The molecule has 2 fully saturated rings. The van der Waals surface area contributed by atoms with Crippen molar-refractivity contribution in [2.75, 3.05) is 52.4 Å². The molecule has 0 bridgehead atoms. The highest BCUT2D eigenvalue weighted by molar-refractivity contribution is 5.77. The molecule has 2 aliphatic heterocycles. The molecule has 0 aliphatic carbocycles. The van der Waals surface area contributed by atoms with Crippen molar-refractivity contribution < 1.29 is 0 Å². The van der Waals surface area contributed by atoms with Gasteiger partial charge >= 0.3 is 0 Å². The second-order valence-electron chi connectivity index (χ2n) is 8.44. The van der Waals surface area contributed by atoms with Gasteiger partial charge in [0.15, 0.2) is 0 Å². The number of benzene rings is 2. The SMILES string of the molecule is c1ccc2c(c1)ncn2-c1ccc(CN2CCN(CCN3CCCC3)CC2)cc1. The van der Waals surface area contributed by atoms with Crippen LogP contribution >= 0.6 is 0 Å². The molecule has 5 nitrogen and oxygen atoms in total. The molecule has 0 unspecified atom stereocenters. The Labute approximate surface area is 173 Å². The number of likely N-dealkylation sites (tertiary alicyclic amines) is 1. The van der Waals surface area contributed by atoms with Crippen molar-refractivity contribution in [3.8, 4) is 5.69 Å². The first-order valence-corrected chi connectivity index (χ1v) is 11.0. The second kappa shape index (κ2) is 8.66. The molecular formula is C24H31N5. The highest BCUT2D eigenvalue weighted by Crippen LogP contribution is 2.19. The largest absolute Gasteiger partial charge is 0.302 e. The van der Waals surface area contributed by atoms with Gasteiger partial charge in [0.2, 0.25) is 0 Å². The van der Waals surface area contributed by atoms with Crippen LogP contribution in [0.3, 0.4) is 0 Å². The summed E-state index contributed by atoms with van der Waals surface area (Å²) in [6.07, 6.45) is 4.70. The first-order valence-electron chi connectivity index (χ1n) is 11.0. The number of para-hydroxylation sites is 2. The molecule has 152 valence electrons. The Kier molecular flexibility index (Phi) is 5.61. The Hall–Kier alpha value is -2.21. The summed E-state index contributed by atoms with van der Waals surface area (Å²) in [6, 6.07) is 17.3. The van der Waals surface area contributed by atoms with E-state index in [9.17, 15) is 0 Å². The molecule has 3 heterocycles. The third kappa shape index (κ3) is 4.37. The van der Waals surface area contributed by atoms with Gasteiger partial charge in [-0.3, -0.25) is 14.4 Å². The van der Waals surface area contributed by atoms with Gasteiger partial charge in [0, 0.05) is 51.5 Å². The molecule has 0 saturated carbocycles. The number of piperazine rings is 1. The number of nitrogens with zero attached hydrogens (tertiary/aromatic N) is 5. The first-order chi connectivity index (χ1) is 14.3. The van der Waals surface area contributed by atoms with Crippen LogP contribution in [0.25, 0.3) is 16.7 Å². The molecule has 29 heavy (non-hydrogen) atoms. The minimum absolute atomic E-state index is 1.04. The van der Waals surface area contributed by atoms with E-state index in [1.165, 1.54) is 76.5 Å². The van der Waals surface area contributed by atoms with Crippen LogP contribution in [0, 0.1) is 0 Å². The van der Waals surface area contributed by atoms with E-state index in [0.717, 1.165) is 17.6 Å². The van der Waals surface area contributed by atoms with Crippen LogP contribution in [-0.2, 0) is 6.54 Å². The lowest BCUT2D eigenvalue weighted by Gasteiger charge is -2.35. The average Bonchev–Trinajstić information content (AvgIpc) is 3.44. The number of rotatable bonds is 6. The molecule has 0 N–H and O–H groups in total. The third-order valence-electron chi connectivity index (χ3n) is 6.47. The molecule has 0 radical (unpaired) electrons. The zero-order valence-electron chi connectivity index (χ0n) is 17.2. The fourth-order valence-corrected chi connectivity index (χ4v) is 4.65. The smallest absolute Gasteiger partial charge is 0.100 e. The van der Waals surface area contributed by atoms with E-state index in [-0.39, 0.29) is 0 Å². The second-order valence-corrected chi connectivity index (χ2v) is 8.44. The summed E-state index contributed by atoms with van der Waals surface area (Å²) >= 11 is 0. The van der Waals surface area contributed by atoms with Crippen molar-refractivity contribution in [1.29, 1.82) is 0 Å². The van der Waals surface area contributed by atoms with Crippen LogP contribution in [0.15, 0.2) is 54.9 Å². The number of aromatic nitrogens is 2. The summed E-state index contributed by atoms with van der Waals surface area (Å²) in [5.41, 5.74) is 4.77. The number of hydrogen-bond donors (Lipinski definition) is 0. The highest BCUT2D eigenvalue weighted by atomic mass is 15.3. The van der Waals surface area contributed by atoms with Gasteiger partial charge in [-0.25, -0.2) is 4.98 Å². The van der Waals surface area contributed by atoms with Crippen molar-refractivity contribution in [1.82, 2.24) is 24.3 Å². The van der Waals surface area contributed by atoms with Crippen LogP contribution in [0.2, 0.25) is 0 Å². The summed E-state index contributed by atoms with van der Waals surface area (Å²) in [6.45, 7) is 10.9. The molecule has 0 spiro atoms. The lowest BCUT2D eigenvalue weighted by atomic mass is 10.1. The summed E-state index contributed by atoms with van der Waals surface area (Å²) < 4.78 is 2.16. The average molecular weight is 390 g/mol. The van der Waals surface area contributed by atoms with E-state index in [1.807, 2.05) is 12.4 Å². The van der Waals surface area contributed by atoms with E-state index in [2.05, 4.69) is 66.7 Å². The van der Waals surface area contributed by atoms with Gasteiger partial charge in [0.05, 0.1) is 11.0 Å². The predicted molar refractivity (Wildman–Crippen MR) is 118 cm³/mol. The van der Waals surface area contributed by atoms with Gasteiger partial charge in [-0.2, -0.15) is 0 Å². The molecular weight excluding hydrogens is 358 g/mol. The Morgan fingerprint density at radius 2 is 1.34 bits per heavy atom. The Bertz CT molecular complexity index is 918. The van der Waals surface area contributed by atoms with Gasteiger partial charge in [0.25, 0.3) is 0 Å². The number of imidazole rings is 1. The molecule has 5 rings (SSSR count). The number of hydrogen-bond acceptors (Lipinski definition) is 4. The normalized spacial score (nSPS) is 19.3. The molecule has 2 aromatic carbocycles. The molecule has 0 atom stereocenters. The molecule has 0 amide bonds. The van der Waals surface area contributed by atoms with E-state index < -0.39 is 0 Å². The molecule has 5 heteroatoms. The summed E-state index contributed by atoms with van der Waals surface area (Å²) in [4.78, 5) is 12.4. The van der Waals surface area contributed by atoms with Crippen molar-refractivity contribution in [3.63, 3.8) is 0 Å². The monoisotopic (exact) mass is 389 g/mol. The fraction of sp³-hybridized carbons (Fsp3) is 0.458. The van der Waals surface area contributed by atoms with Crippen LogP contribution in [0.4, 0.5) is 0 Å². The minimum atomic E-state index is 1.04. The molecule has 2 aliphatic rings. The van der Waals surface area contributed by atoms with Crippen LogP contribution in [0.1, 0.15) is 18.4 Å². The highest BCUT2D eigenvalue weighted by Gasteiger charge is 2.18. The quantitative estimate of drug-likeness (QED) is 0.647. The van der Waals surface area contributed by atoms with Gasteiger partial charge in [-0.15, -0.1) is 0 Å². The third-order valence-corrected chi connectivity index (χ3v) is 6.47. The lowest BCUT2D eigenvalue weighted by molar-refractivity contribution is 0.117. The zero-order chi connectivity index (χ0) is 19.5. The summed E-state index contributed by atoms with van der Waals surface area (Å²) in [7, 11) is 0. The van der Waals surface area contributed by atoms with Crippen LogP contribution < -0.4 is 0 Å². The Balaban J connectivity index is 1.14. The predicted octanol–water partition coefficient (Wildman–Crippen LogP) is 3.24. The molecule has 3 aromatic rings. The van der Waals surface area contributed by atoms with Crippen molar-refractivity contribution in [3.05, 3.63) is 60.4 Å². The topological polar surface area (TPSA) is 27.5 Å². The van der Waals surface area contributed by atoms with Crippen molar-refractivity contribution in [2.45, 2.75) is 19.4 Å². The minimum Gasteiger partial charge on any atom is -0.302 e. The lowest BCUT2D eigenvalue weighted by Crippen LogP contribution is -2.47. The maximum atomic E-state index is 4.51. The van der Waals surface area contributed by atoms with E-state index in [4.69, 9.17) is 0 Å². The van der Waals surface area contributed by atoms with E-state index >= 15 is 0 Å². The van der Waals surface area contributed by atoms with Gasteiger partial charge in [0.1, 0.15) is 6.33 Å². The maximum Gasteiger partial charge on any atom is 0.100 e. The van der Waals surface area contributed by atoms with Crippen LogP contribution in [0.5, 0.6) is 0 Å². The summed E-state index contributed by atoms with van der Waals surface area (Å²) in [5, 5.41) is 0. The fourth-order valence-electron chi connectivity index (χ4n) is 4.65. The molecule has 1 aromatic heterocycles. The summed E-state index contributed by atoms with van der Waals surface area (Å²) in [5.74, 6) is 0. The maximum absolute atomic E-state index is 4.51. The van der Waals surface area contributed by atoms with Crippen molar-refractivity contribution >= 4 is 11.0 Å². The Morgan fingerprint density at radius 3 is 2.10 bits per heavy atom. The first kappa shape index (κ1) is 18.8. The zero-order valence-corrected chi connectivity index (χ0v) is 17.2.